The SMILES string of the molecule is CCS(=O)(=O)c1ccc(CCC(=O)NCc2cn(CC(=O)O)nn2)cc1. The molecule has 0 spiro atoms. The van der Waals surface area contributed by atoms with Crippen molar-refractivity contribution >= 4 is 21.7 Å². The number of sulfone groups is 1. The molecule has 0 bridgehead atoms. The summed E-state index contributed by atoms with van der Waals surface area (Å²) in [5.41, 5.74) is 1.33. The molecule has 0 unspecified atom stereocenters. The van der Waals surface area contributed by atoms with Gasteiger partial charge >= 0.3 is 5.97 Å². The van der Waals surface area contributed by atoms with E-state index in [-0.39, 0.29) is 36.1 Å². The third-order valence-electron chi connectivity index (χ3n) is 3.65. The van der Waals surface area contributed by atoms with Crippen molar-refractivity contribution in [2.75, 3.05) is 5.75 Å². The number of nitrogens with zero attached hydrogens (tertiary/aromatic N) is 3. The molecule has 140 valence electrons. The lowest BCUT2D eigenvalue weighted by Gasteiger charge is -2.05. The molecule has 0 atom stereocenters. The molecular formula is C16H20N4O5S. The summed E-state index contributed by atoms with van der Waals surface area (Å²) < 4.78 is 24.7. The summed E-state index contributed by atoms with van der Waals surface area (Å²) in [7, 11) is -3.22. The van der Waals surface area contributed by atoms with Crippen LogP contribution in [0.15, 0.2) is 35.4 Å². The van der Waals surface area contributed by atoms with E-state index in [0.29, 0.717) is 12.1 Å². The molecule has 2 aromatic rings. The maximum Gasteiger partial charge on any atom is 0.325 e. The number of rotatable bonds is 9. The van der Waals surface area contributed by atoms with Gasteiger partial charge in [-0.2, -0.15) is 0 Å². The number of hydrogen-bond acceptors (Lipinski definition) is 6. The number of carboxylic acid groups (broad SMARTS) is 1. The van der Waals surface area contributed by atoms with Gasteiger partial charge in [0.05, 0.1) is 23.4 Å². The molecule has 2 rings (SSSR count). The molecule has 10 heteroatoms. The van der Waals surface area contributed by atoms with Crippen molar-refractivity contribution in [1.29, 1.82) is 0 Å². The molecule has 9 nitrogen and oxygen atoms in total. The topological polar surface area (TPSA) is 131 Å². The summed E-state index contributed by atoms with van der Waals surface area (Å²) in [6.45, 7) is 1.46. The second-order valence-electron chi connectivity index (χ2n) is 5.63. The van der Waals surface area contributed by atoms with Crippen LogP contribution >= 0.6 is 0 Å². The Morgan fingerprint density at radius 1 is 1.23 bits per heavy atom. The summed E-state index contributed by atoms with van der Waals surface area (Å²) in [5.74, 6) is -1.17. The maximum absolute atomic E-state index is 11.9. The summed E-state index contributed by atoms with van der Waals surface area (Å²) >= 11 is 0. The van der Waals surface area contributed by atoms with Gasteiger partial charge in [0.15, 0.2) is 9.84 Å². The molecule has 0 aliphatic carbocycles. The van der Waals surface area contributed by atoms with Gasteiger partial charge in [-0.05, 0) is 24.1 Å². The lowest BCUT2D eigenvalue weighted by Crippen LogP contribution is -2.23. The van der Waals surface area contributed by atoms with E-state index in [1.165, 1.54) is 10.9 Å². The van der Waals surface area contributed by atoms with Crippen molar-refractivity contribution < 1.29 is 23.1 Å². The van der Waals surface area contributed by atoms with Gasteiger partial charge < -0.3 is 10.4 Å². The molecule has 26 heavy (non-hydrogen) atoms. The number of carboxylic acids is 1. The van der Waals surface area contributed by atoms with Crippen molar-refractivity contribution in [3.05, 3.63) is 41.7 Å². The summed E-state index contributed by atoms with van der Waals surface area (Å²) in [5, 5.41) is 18.8. The van der Waals surface area contributed by atoms with Gasteiger partial charge in [0, 0.05) is 6.42 Å². The van der Waals surface area contributed by atoms with Gasteiger partial charge in [-0.25, -0.2) is 13.1 Å². The number of amides is 1. The summed E-state index contributed by atoms with van der Waals surface area (Å²) in [6.07, 6.45) is 2.18. The molecule has 0 aliphatic heterocycles. The molecule has 0 radical (unpaired) electrons. The fourth-order valence-corrected chi connectivity index (χ4v) is 3.09. The van der Waals surface area contributed by atoms with E-state index in [2.05, 4.69) is 15.6 Å². The minimum Gasteiger partial charge on any atom is -0.480 e. The molecule has 0 saturated carbocycles. The second-order valence-corrected chi connectivity index (χ2v) is 7.90. The van der Waals surface area contributed by atoms with Gasteiger partial charge in [-0.3, -0.25) is 9.59 Å². The van der Waals surface area contributed by atoms with Gasteiger partial charge in [-0.1, -0.05) is 24.3 Å². The fraction of sp³-hybridized carbons (Fsp3) is 0.375. The predicted octanol–water partition coefficient (Wildman–Crippen LogP) is 0.405. The Morgan fingerprint density at radius 2 is 1.92 bits per heavy atom. The maximum atomic E-state index is 11.9. The van der Waals surface area contributed by atoms with Crippen molar-refractivity contribution in [3.63, 3.8) is 0 Å². The number of carbonyl (C=O) groups excluding carboxylic acids is 1. The Bertz CT molecular complexity index is 874. The number of hydrogen-bond donors (Lipinski definition) is 2. The standard InChI is InChI=1S/C16H20N4O5S/c1-2-26(24,25)14-6-3-12(4-7-14)5-8-15(21)17-9-13-10-20(19-18-13)11-16(22)23/h3-4,6-7,10H,2,5,8-9,11H2,1H3,(H,17,21)(H,22,23). The highest BCUT2D eigenvalue weighted by Gasteiger charge is 2.11. The number of aryl methyl sites for hydroxylation is 1. The van der Waals surface area contributed by atoms with Crippen LogP contribution in [0, 0.1) is 0 Å². The van der Waals surface area contributed by atoms with Crippen molar-refractivity contribution in [1.82, 2.24) is 20.3 Å². The lowest BCUT2D eigenvalue weighted by atomic mass is 10.1. The van der Waals surface area contributed by atoms with Crippen molar-refractivity contribution in [2.45, 2.75) is 37.8 Å². The molecule has 1 amide bonds. The van der Waals surface area contributed by atoms with E-state index in [1.54, 1.807) is 31.2 Å². The van der Waals surface area contributed by atoms with Gasteiger partial charge in [0.2, 0.25) is 5.91 Å². The van der Waals surface area contributed by atoms with Gasteiger partial charge in [-0.15, -0.1) is 5.10 Å². The van der Waals surface area contributed by atoms with E-state index in [9.17, 15) is 18.0 Å². The van der Waals surface area contributed by atoms with E-state index in [4.69, 9.17) is 5.11 Å². The van der Waals surface area contributed by atoms with Crippen LogP contribution in [-0.4, -0.2) is 46.1 Å². The largest absolute Gasteiger partial charge is 0.480 e. The Hall–Kier alpha value is -2.75. The molecule has 0 aliphatic rings. The number of carbonyl (C=O) groups is 2. The van der Waals surface area contributed by atoms with Crippen molar-refractivity contribution in [2.24, 2.45) is 0 Å². The molecule has 2 N–H and O–H groups in total. The predicted molar refractivity (Wildman–Crippen MR) is 92.0 cm³/mol. The van der Waals surface area contributed by atoms with Crippen LogP contribution in [0.3, 0.4) is 0 Å². The summed E-state index contributed by atoms with van der Waals surface area (Å²) in [6, 6.07) is 6.50. The Kier molecular flexibility index (Phi) is 6.45. The van der Waals surface area contributed by atoms with Crippen molar-refractivity contribution in [3.8, 4) is 0 Å². The lowest BCUT2D eigenvalue weighted by molar-refractivity contribution is -0.138. The van der Waals surface area contributed by atoms with Crippen LogP contribution in [0.4, 0.5) is 0 Å². The molecule has 1 aromatic heterocycles. The average molecular weight is 380 g/mol. The zero-order valence-electron chi connectivity index (χ0n) is 14.3. The third-order valence-corrected chi connectivity index (χ3v) is 5.40. The average Bonchev–Trinajstić information content (AvgIpc) is 3.05. The van der Waals surface area contributed by atoms with Gasteiger partial charge in [0.1, 0.15) is 12.2 Å². The highest BCUT2D eigenvalue weighted by atomic mass is 32.2. The highest BCUT2D eigenvalue weighted by Crippen LogP contribution is 2.13. The van der Waals surface area contributed by atoms with Crippen LogP contribution in [-0.2, 0) is 38.9 Å². The monoisotopic (exact) mass is 380 g/mol. The third kappa shape index (κ3) is 5.66. The second kappa shape index (κ2) is 8.56. The molecule has 1 heterocycles. The normalized spacial score (nSPS) is 11.3. The van der Waals surface area contributed by atoms with Crippen LogP contribution in [0.1, 0.15) is 24.6 Å². The van der Waals surface area contributed by atoms with E-state index in [0.717, 1.165) is 5.56 Å². The number of aromatic nitrogens is 3. The minimum atomic E-state index is -3.22. The molecule has 1 aromatic carbocycles. The quantitative estimate of drug-likeness (QED) is 0.644. The Morgan fingerprint density at radius 3 is 2.54 bits per heavy atom. The summed E-state index contributed by atoms with van der Waals surface area (Å²) in [4.78, 5) is 22.7. The first-order valence-corrected chi connectivity index (χ1v) is 9.64. The van der Waals surface area contributed by atoms with E-state index >= 15 is 0 Å². The molecular weight excluding hydrogens is 360 g/mol. The molecule has 0 fully saturated rings. The van der Waals surface area contributed by atoms with Crippen LogP contribution < -0.4 is 5.32 Å². The van der Waals surface area contributed by atoms with Crippen LogP contribution in [0.5, 0.6) is 0 Å². The van der Waals surface area contributed by atoms with Crippen LogP contribution in [0.25, 0.3) is 0 Å². The highest BCUT2D eigenvalue weighted by molar-refractivity contribution is 7.91. The first-order valence-electron chi connectivity index (χ1n) is 7.99. The van der Waals surface area contributed by atoms with Crippen LogP contribution in [0.2, 0.25) is 0 Å². The Labute approximate surface area is 150 Å². The van der Waals surface area contributed by atoms with E-state index < -0.39 is 15.8 Å². The van der Waals surface area contributed by atoms with Gasteiger partial charge in [0.25, 0.3) is 0 Å². The smallest absolute Gasteiger partial charge is 0.325 e. The first kappa shape index (κ1) is 19.6. The zero-order chi connectivity index (χ0) is 19.2. The van der Waals surface area contributed by atoms with E-state index in [1.807, 2.05) is 0 Å². The number of aliphatic carboxylic acids is 1. The zero-order valence-corrected chi connectivity index (χ0v) is 15.1. The Balaban J connectivity index is 1.80. The number of benzene rings is 1. The molecule has 0 saturated heterocycles. The minimum absolute atomic E-state index is 0.0475. The first-order chi connectivity index (χ1) is 12.3. The number of nitrogens with one attached hydrogen (secondary N) is 1. The fourth-order valence-electron chi connectivity index (χ4n) is 2.20.